The molecule has 0 amide bonds. The molecule has 0 saturated carbocycles. The van der Waals surface area contributed by atoms with Crippen molar-refractivity contribution in [2.75, 3.05) is 13.2 Å². The first-order chi connectivity index (χ1) is 23.7. The average Bonchev–Trinajstić information content (AvgIpc) is 3.14. The average molecular weight is 637 g/mol. The van der Waals surface area contributed by atoms with Crippen LogP contribution in [-0.2, 0) is 0 Å². The Morgan fingerprint density at radius 3 is 1.19 bits per heavy atom. The number of aromatic nitrogens is 2. The first-order valence-corrected chi connectivity index (χ1v) is 17.5. The van der Waals surface area contributed by atoms with E-state index >= 15 is 0 Å². The van der Waals surface area contributed by atoms with Crippen molar-refractivity contribution >= 4 is 24.3 Å². The van der Waals surface area contributed by atoms with Crippen LogP contribution < -0.4 is 9.47 Å². The lowest BCUT2D eigenvalue weighted by molar-refractivity contribution is 0.305. The maximum absolute atomic E-state index is 5.89. The van der Waals surface area contributed by atoms with E-state index in [0.29, 0.717) is 0 Å². The molecule has 0 aliphatic carbocycles. The summed E-state index contributed by atoms with van der Waals surface area (Å²) in [5, 5.41) is 0. The van der Waals surface area contributed by atoms with Crippen molar-refractivity contribution in [3.8, 4) is 33.8 Å². The van der Waals surface area contributed by atoms with Crippen LogP contribution in [0.25, 0.3) is 46.6 Å². The topological polar surface area (TPSA) is 44.2 Å². The van der Waals surface area contributed by atoms with Gasteiger partial charge in [0.05, 0.1) is 24.6 Å². The molecule has 0 atom stereocenters. The lowest BCUT2D eigenvalue weighted by Crippen LogP contribution is -1.96. The Morgan fingerprint density at radius 1 is 0.438 bits per heavy atom. The molecule has 0 aliphatic heterocycles. The van der Waals surface area contributed by atoms with Crippen LogP contribution in [0.1, 0.15) is 87.7 Å². The molecule has 5 rings (SSSR count). The first-order valence-electron chi connectivity index (χ1n) is 17.5. The predicted molar refractivity (Wildman–Crippen MR) is 203 cm³/mol. The minimum atomic E-state index is 0.782. The van der Waals surface area contributed by atoms with Crippen molar-refractivity contribution in [2.45, 2.75) is 65.2 Å². The molecule has 0 fully saturated rings. The lowest BCUT2D eigenvalue weighted by Gasteiger charge is -2.08. The van der Waals surface area contributed by atoms with Crippen LogP contribution in [0.3, 0.4) is 0 Å². The van der Waals surface area contributed by atoms with Crippen LogP contribution in [0.4, 0.5) is 0 Å². The van der Waals surface area contributed by atoms with Crippen molar-refractivity contribution in [3.63, 3.8) is 0 Å². The van der Waals surface area contributed by atoms with Crippen molar-refractivity contribution in [1.82, 2.24) is 9.97 Å². The summed E-state index contributed by atoms with van der Waals surface area (Å²) in [4.78, 5) is 8.89. The van der Waals surface area contributed by atoms with Crippen molar-refractivity contribution in [2.24, 2.45) is 0 Å². The number of hydrogen-bond donors (Lipinski definition) is 0. The zero-order chi connectivity index (χ0) is 33.2. The van der Waals surface area contributed by atoms with Gasteiger partial charge in [0.2, 0.25) is 0 Å². The number of hydrogen-bond acceptors (Lipinski definition) is 4. The second-order valence-electron chi connectivity index (χ2n) is 12.1. The van der Waals surface area contributed by atoms with Crippen LogP contribution in [0.2, 0.25) is 0 Å². The molecule has 5 aromatic rings. The first kappa shape index (κ1) is 34.4. The summed E-state index contributed by atoms with van der Waals surface area (Å²) in [7, 11) is 0. The summed E-state index contributed by atoms with van der Waals surface area (Å²) in [5.41, 5.74) is 8.68. The van der Waals surface area contributed by atoms with E-state index in [4.69, 9.17) is 9.47 Å². The molecule has 0 N–H and O–H groups in total. The Balaban J connectivity index is 1.11. The van der Waals surface area contributed by atoms with E-state index in [1.165, 1.54) is 60.8 Å². The fraction of sp³-hybridized carbons (Fsp3) is 0.273. The largest absolute Gasteiger partial charge is 0.494 e. The maximum atomic E-state index is 5.89. The molecule has 4 heteroatoms. The molecule has 1 aromatic heterocycles. The van der Waals surface area contributed by atoms with Gasteiger partial charge in [0.25, 0.3) is 0 Å². The van der Waals surface area contributed by atoms with E-state index in [1.54, 1.807) is 6.33 Å². The molecule has 48 heavy (non-hydrogen) atoms. The summed E-state index contributed by atoms with van der Waals surface area (Å²) >= 11 is 0. The number of benzene rings is 4. The van der Waals surface area contributed by atoms with Gasteiger partial charge in [-0.05, 0) is 88.7 Å². The third-order valence-electron chi connectivity index (χ3n) is 8.33. The molecule has 0 bridgehead atoms. The van der Waals surface area contributed by atoms with E-state index in [1.807, 2.05) is 18.2 Å². The van der Waals surface area contributed by atoms with Crippen molar-refractivity contribution < 1.29 is 9.47 Å². The van der Waals surface area contributed by atoms with Gasteiger partial charge < -0.3 is 9.47 Å². The van der Waals surface area contributed by atoms with Crippen molar-refractivity contribution in [1.29, 1.82) is 0 Å². The minimum Gasteiger partial charge on any atom is -0.494 e. The smallest absolute Gasteiger partial charge is 0.119 e. The van der Waals surface area contributed by atoms with Crippen LogP contribution in [0, 0.1) is 0 Å². The maximum Gasteiger partial charge on any atom is 0.119 e. The molecule has 0 radical (unpaired) electrons. The van der Waals surface area contributed by atoms with E-state index in [-0.39, 0.29) is 0 Å². The Kier molecular flexibility index (Phi) is 13.6. The number of ether oxygens (including phenoxy) is 2. The van der Waals surface area contributed by atoms with E-state index in [0.717, 1.165) is 60.1 Å². The fourth-order valence-corrected chi connectivity index (χ4v) is 5.43. The van der Waals surface area contributed by atoms with Gasteiger partial charge in [0.1, 0.15) is 17.8 Å². The highest BCUT2D eigenvalue weighted by Gasteiger charge is 2.02. The van der Waals surface area contributed by atoms with Crippen molar-refractivity contribution in [3.05, 3.63) is 132 Å². The van der Waals surface area contributed by atoms with Crippen LogP contribution in [0.5, 0.6) is 11.5 Å². The third kappa shape index (κ3) is 11.1. The van der Waals surface area contributed by atoms with E-state index in [2.05, 4.69) is 133 Å². The highest BCUT2D eigenvalue weighted by atomic mass is 16.5. The molecule has 0 saturated heterocycles. The second-order valence-corrected chi connectivity index (χ2v) is 12.1. The molecule has 0 unspecified atom stereocenters. The van der Waals surface area contributed by atoms with Gasteiger partial charge in [-0.3, -0.25) is 0 Å². The normalized spacial score (nSPS) is 11.4. The van der Waals surface area contributed by atoms with Gasteiger partial charge in [-0.2, -0.15) is 0 Å². The second kappa shape index (κ2) is 19.0. The van der Waals surface area contributed by atoms with Gasteiger partial charge >= 0.3 is 0 Å². The van der Waals surface area contributed by atoms with Crippen LogP contribution >= 0.6 is 0 Å². The highest BCUT2D eigenvalue weighted by Crippen LogP contribution is 2.25. The molecular weight excluding hydrogens is 588 g/mol. The van der Waals surface area contributed by atoms with E-state index < -0.39 is 0 Å². The van der Waals surface area contributed by atoms with Crippen LogP contribution in [-0.4, -0.2) is 23.2 Å². The summed E-state index contributed by atoms with van der Waals surface area (Å²) in [6.45, 7) is 6.02. The quantitative estimate of drug-likeness (QED) is 0.0898. The summed E-state index contributed by atoms with van der Waals surface area (Å²) in [6.07, 6.45) is 19.5. The molecule has 246 valence electrons. The third-order valence-corrected chi connectivity index (χ3v) is 8.33. The molecule has 0 spiro atoms. The Hall–Kier alpha value is -4.96. The predicted octanol–water partition coefficient (Wildman–Crippen LogP) is 12.1. The standard InChI is InChI=1S/C44H48N2O2/c1-3-5-7-9-31-47-43-27-21-39(22-28-43)37-17-11-35(12-18-37)15-25-41-33-42(46-34-45-41)26-16-36-13-19-38(20-14-36)40-23-29-44(30-24-40)48-32-10-8-6-4-2/h11-30,33-34H,3-10,31-32H2,1-2H3/b25-15+,26-16+. The van der Waals surface area contributed by atoms with Gasteiger partial charge in [0.15, 0.2) is 0 Å². The van der Waals surface area contributed by atoms with E-state index in [9.17, 15) is 0 Å². The Bertz CT molecular complexity index is 1580. The Labute approximate surface area is 287 Å². The molecule has 4 aromatic carbocycles. The fourth-order valence-electron chi connectivity index (χ4n) is 5.43. The van der Waals surface area contributed by atoms with Crippen LogP contribution in [0.15, 0.2) is 109 Å². The zero-order valence-electron chi connectivity index (χ0n) is 28.5. The molecule has 1 heterocycles. The highest BCUT2D eigenvalue weighted by molar-refractivity contribution is 5.74. The number of unbranched alkanes of at least 4 members (excludes halogenated alkanes) is 6. The van der Waals surface area contributed by atoms with Gasteiger partial charge in [-0.15, -0.1) is 0 Å². The summed E-state index contributed by atoms with van der Waals surface area (Å²) in [5.74, 6) is 1.87. The van der Waals surface area contributed by atoms with Gasteiger partial charge in [-0.25, -0.2) is 9.97 Å². The molecule has 0 aliphatic rings. The lowest BCUT2D eigenvalue weighted by atomic mass is 10.0. The molecule has 4 nitrogen and oxygen atoms in total. The zero-order valence-corrected chi connectivity index (χ0v) is 28.5. The SMILES string of the molecule is CCCCCCOc1ccc(-c2ccc(/C=C/c3cc(/C=C/c4ccc(-c5ccc(OCCCCCC)cc5)cc4)ncn3)cc2)cc1. The summed E-state index contributed by atoms with van der Waals surface area (Å²) < 4.78 is 11.8. The summed E-state index contributed by atoms with van der Waals surface area (Å²) in [6, 6.07) is 35.9. The Morgan fingerprint density at radius 2 is 0.812 bits per heavy atom. The van der Waals surface area contributed by atoms with Gasteiger partial charge in [0, 0.05) is 0 Å². The number of rotatable bonds is 18. The van der Waals surface area contributed by atoms with Gasteiger partial charge in [-0.1, -0.05) is 137 Å². The molecular formula is C44H48N2O2. The number of nitrogens with zero attached hydrogens (tertiary/aromatic N) is 2. The minimum absolute atomic E-state index is 0.782. The monoisotopic (exact) mass is 636 g/mol.